The zero-order valence-electron chi connectivity index (χ0n) is 24.9. The summed E-state index contributed by atoms with van der Waals surface area (Å²) in [7, 11) is 7.74. The molecule has 4 atom stereocenters. The topological polar surface area (TPSA) is 46.2 Å². The van der Waals surface area contributed by atoms with Gasteiger partial charge in [0.1, 0.15) is 0 Å². The maximum absolute atomic E-state index is 6.15. The summed E-state index contributed by atoms with van der Waals surface area (Å²) in [5, 5.41) is 0. The molecule has 0 amide bonds. The number of rotatable bonds is 8. The summed E-state index contributed by atoms with van der Waals surface area (Å²) in [4.78, 5) is 0. The first-order valence-corrected chi connectivity index (χ1v) is 13.5. The first-order chi connectivity index (χ1) is 21.0. The lowest BCUT2D eigenvalue weighted by Crippen LogP contribution is -2.31. The molecule has 43 heavy (non-hydrogen) atoms. The van der Waals surface area contributed by atoms with Crippen molar-refractivity contribution in [3.63, 3.8) is 0 Å². The van der Waals surface area contributed by atoms with E-state index in [9.17, 15) is 0 Å². The summed E-state index contributed by atoms with van der Waals surface area (Å²) >= 11 is 0. The maximum Gasteiger partial charge on any atom is 0.216 e. The van der Waals surface area contributed by atoms with E-state index in [2.05, 4.69) is 59.2 Å². The number of hydrogen-bond donors (Lipinski definition) is 0. The van der Waals surface area contributed by atoms with Gasteiger partial charge in [0.05, 0.1) is 0 Å². The molecule has 5 nitrogen and oxygen atoms in total. The van der Waals surface area contributed by atoms with Crippen molar-refractivity contribution < 1.29 is 23.7 Å². The SMILES string of the molecule is COC1C#CC(OC)C#CC(OC)(c2ccccc2)C#CC(OC)(c2ccccc2)C#CC(OC)(c2ccccc2)C#C1. The molecule has 0 fully saturated rings. The molecule has 5 heteroatoms. The molecule has 0 heterocycles. The highest BCUT2D eigenvalue weighted by molar-refractivity contribution is 5.52. The van der Waals surface area contributed by atoms with Crippen molar-refractivity contribution in [2.75, 3.05) is 35.5 Å². The van der Waals surface area contributed by atoms with Gasteiger partial charge in [-0.25, -0.2) is 0 Å². The summed E-state index contributed by atoms with van der Waals surface area (Å²) in [5.74, 6) is 31.7. The van der Waals surface area contributed by atoms with Gasteiger partial charge in [0, 0.05) is 52.2 Å². The van der Waals surface area contributed by atoms with E-state index in [1.54, 1.807) is 21.3 Å². The van der Waals surface area contributed by atoms with Crippen LogP contribution in [-0.2, 0) is 40.5 Å². The summed E-state index contributed by atoms with van der Waals surface area (Å²) in [6.45, 7) is 0. The van der Waals surface area contributed by atoms with Crippen molar-refractivity contribution >= 4 is 0 Å². The molecular weight excluding hydrogens is 536 g/mol. The van der Waals surface area contributed by atoms with Crippen LogP contribution >= 0.6 is 0 Å². The minimum Gasteiger partial charge on any atom is -0.357 e. The van der Waals surface area contributed by atoms with Crippen LogP contribution < -0.4 is 0 Å². The fourth-order valence-electron chi connectivity index (χ4n) is 4.35. The van der Waals surface area contributed by atoms with Crippen LogP contribution in [0.2, 0.25) is 0 Å². The maximum atomic E-state index is 6.15. The van der Waals surface area contributed by atoms with Crippen molar-refractivity contribution in [2.45, 2.75) is 29.0 Å². The monoisotopic (exact) mass is 568 g/mol. The van der Waals surface area contributed by atoms with Crippen LogP contribution in [-0.4, -0.2) is 47.8 Å². The quantitative estimate of drug-likeness (QED) is 0.370. The van der Waals surface area contributed by atoms with Crippen LogP contribution in [0.15, 0.2) is 91.0 Å². The Morgan fingerprint density at radius 3 is 0.930 bits per heavy atom. The van der Waals surface area contributed by atoms with E-state index in [1.165, 1.54) is 14.2 Å². The van der Waals surface area contributed by atoms with Crippen LogP contribution in [0.4, 0.5) is 0 Å². The van der Waals surface area contributed by atoms with Crippen LogP contribution in [0.25, 0.3) is 0 Å². The van der Waals surface area contributed by atoms with Crippen molar-refractivity contribution in [1.82, 2.24) is 0 Å². The number of benzene rings is 3. The van der Waals surface area contributed by atoms with Crippen molar-refractivity contribution in [2.24, 2.45) is 0 Å². The van der Waals surface area contributed by atoms with Crippen LogP contribution in [0.5, 0.6) is 0 Å². The first kappa shape index (κ1) is 31.2. The van der Waals surface area contributed by atoms with E-state index in [1.807, 2.05) is 91.0 Å². The third-order valence-electron chi connectivity index (χ3n) is 6.86. The highest BCUT2D eigenvalue weighted by Gasteiger charge is 2.35. The summed E-state index contributed by atoms with van der Waals surface area (Å²) < 4.78 is 29.4. The summed E-state index contributed by atoms with van der Waals surface area (Å²) in [6, 6.07) is 28.6. The minimum absolute atomic E-state index is 0.715. The molecule has 0 spiro atoms. The fourth-order valence-corrected chi connectivity index (χ4v) is 4.35. The molecule has 3 aromatic carbocycles. The zero-order chi connectivity index (χ0) is 30.6. The lowest BCUT2D eigenvalue weighted by atomic mass is 9.88. The Morgan fingerprint density at radius 1 is 0.395 bits per heavy atom. The molecule has 3 aromatic rings. The Bertz CT molecular complexity index is 1590. The number of hydrogen-bond acceptors (Lipinski definition) is 5. The molecule has 1 aliphatic carbocycles. The Hall–Kier alpha value is -4.74. The van der Waals surface area contributed by atoms with Gasteiger partial charge in [-0.05, 0) is 35.5 Å². The highest BCUT2D eigenvalue weighted by Crippen LogP contribution is 2.30. The van der Waals surface area contributed by atoms with E-state index < -0.39 is 29.0 Å². The molecule has 0 saturated heterocycles. The van der Waals surface area contributed by atoms with Gasteiger partial charge >= 0.3 is 0 Å². The molecule has 0 aliphatic heterocycles. The Kier molecular flexibility index (Phi) is 10.5. The van der Waals surface area contributed by atoms with Gasteiger partial charge in [0.15, 0.2) is 12.2 Å². The second-order valence-electron chi connectivity index (χ2n) is 9.31. The fraction of sp³-hybridized carbons (Fsp3) is 0.263. The molecular formula is C38H32O5. The van der Waals surface area contributed by atoms with Crippen LogP contribution in [0, 0.1) is 59.2 Å². The molecule has 1 aliphatic rings. The van der Waals surface area contributed by atoms with Gasteiger partial charge in [-0.2, -0.15) is 0 Å². The average Bonchev–Trinajstić information content (AvgIpc) is 3.09. The normalized spacial score (nSPS) is 26.1. The number of methoxy groups -OCH3 is 5. The second kappa shape index (κ2) is 14.4. The van der Waals surface area contributed by atoms with Gasteiger partial charge in [-0.15, -0.1) is 0 Å². The molecule has 0 bridgehead atoms. The largest absolute Gasteiger partial charge is 0.357 e. The molecule has 214 valence electrons. The third-order valence-corrected chi connectivity index (χ3v) is 6.86. The molecule has 0 saturated carbocycles. The second-order valence-corrected chi connectivity index (χ2v) is 9.31. The lowest BCUT2D eigenvalue weighted by molar-refractivity contribution is 0.0759. The smallest absolute Gasteiger partial charge is 0.216 e. The van der Waals surface area contributed by atoms with Gasteiger partial charge in [-0.3, -0.25) is 0 Å². The van der Waals surface area contributed by atoms with Crippen molar-refractivity contribution in [3.8, 4) is 59.2 Å². The average molecular weight is 569 g/mol. The van der Waals surface area contributed by atoms with E-state index in [0.29, 0.717) is 5.56 Å². The first-order valence-electron chi connectivity index (χ1n) is 13.5. The van der Waals surface area contributed by atoms with Crippen molar-refractivity contribution in [3.05, 3.63) is 108 Å². The molecule has 0 N–H and O–H groups in total. The summed E-state index contributed by atoms with van der Waals surface area (Å²) in [5.41, 5.74) is -1.98. The summed E-state index contributed by atoms with van der Waals surface area (Å²) in [6.07, 6.45) is -1.55. The number of ether oxygens (including phenoxy) is 5. The molecule has 0 radical (unpaired) electrons. The minimum atomic E-state index is -1.42. The van der Waals surface area contributed by atoms with Gasteiger partial charge in [-0.1, -0.05) is 115 Å². The molecule has 0 aromatic heterocycles. The lowest BCUT2D eigenvalue weighted by Gasteiger charge is -2.26. The van der Waals surface area contributed by atoms with E-state index >= 15 is 0 Å². The van der Waals surface area contributed by atoms with Crippen LogP contribution in [0.3, 0.4) is 0 Å². The van der Waals surface area contributed by atoms with E-state index in [4.69, 9.17) is 23.7 Å². The van der Waals surface area contributed by atoms with Gasteiger partial charge < -0.3 is 23.7 Å². The van der Waals surface area contributed by atoms with E-state index in [0.717, 1.165) is 11.1 Å². The predicted octanol–water partition coefficient (Wildman–Crippen LogP) is 4.67. The van der Waals surface area contributed by atoms with E-state index in [-0.39, 0.29) is 0 Å². The Labute approximate surface area is 254 Å². The predicted molar refractivity (Wildman–Crippen MR) is 166 cm³/mol. The van der Waals surface area contributed by atoms with Crippen molar-refractivity contribution in [1.29, 1.82) is 0 Å². The standard InChI is InChI=1S/C38H32O5/c1-39-34-21-22-35(40-2)24-26-37(42-4,32-17-11-7-12-18-32)28-30-38(43-5,33-19-13-8-14-20-33)29-27-36(41-3,25-23-34)31-15-9-6-10-16-31/h6-20,34-35H,1-5H3. The molecule has 4 unspecified atom stereocenters. The zero-order valence-corrected chi connectivity index (χ0v) is 24.9. The molecule has 4 rings (SSSR count). The van der Waals surface area contributed by atoms with Crippen LogP contribution in [0.1, 0.15) is 16.7 Å². The Morgan fingerprint density at radius 2 is 0.674 bits per heavy atom. The highest BCUT2D eigenvalue weighted by atomic mass is 16.5. The van der Waals surface area contributed by atoms with Gasteiger partial charge in [0.2, 0.25) is 16.8 Å². The third kappa shape index (κ3) is 7.02. The van der Waals surface area contributed by atoms with Gasteiger partial charge in [0.25, 0.3) is 0 Å². The Balaban J connectivity index is 2.12.